The van der Waals surface area contributed by atoms with E-state index in [4.69, 9.17) is 60.0 Å². The maximum absolute atomic E-state index is 9.01. The summed E-state index contributed by atoms with van der Waals surface area (Å²) in [6, 6.07) is 0. The molecule has 0 rings (SSSR count). The van der Waals surface area contributed by atoms with E-state index in [1.165, 1.54) is 0 Å². The van der Waals surface area contributed by atoms with Gasteiger partial charge in [0.1, 0.15) is 0 Å². The quantitative estimate of drug-likeness (QED) is 0.259. The Labute approximate surface area is 138 Å². The number of aliphatic carboxylic acids is 4. The first-order valence-electron chi connectivity index (χ1n) is 4.31. The van der Waals surface area contributed by atoms with Crippen LogP contribution in [-0.2, 0) is 19.2 Å². The van der Waals surface area contributed by atoms with Gasteiger partial charge in [-0.15, -0.1) is 0 Å². The molecule has 0 saturated carbocycles. The molecule has 4 radical (unpaired) electrons. The third-order valence-corrected chi connectivity index (χ3v) is 0.516. The number of carboxylic acids is 4. The zero-order chi connectivity index (χ0) is 17.1. The molecule has 0 heterocycles. The standard InChI is InChI=1S/4C2H4O3.Pb/c4*3-1-2(4)5;/h4*3H,1H2,(H,4,5);/p-4. The van der Waals surface area contributed by atoms with Crippen molar-refractivity contribution < 1.29 is 60.0 Å². The predicted molar refractivity (Wildman–Crippen MR) is 54.1 cm³/mol. The van der Waals surface area contributed by atoms with Crippen LogP contribution >= 0.6 is 0 Å². The van der Waals surface area contributed by atoms with E-state index in [2.05, 4.69) is 0 Å². The number of carboxylic acid groups (broad SMARTS) is 4. The van der Waals surface area contributed by atoms with Gasteiger partial charge in [-0.05, 0) is 0 Å². The minimum Gasteiger partial charge on any atom is -0.548 e. The van der Waals surface area contributed by atoms with E-state index in [1.54, 1.807) is 0 Å². The molecule has 124 valence electrons. The van der Waals surface area contributed by atoms with Gasteiger partial charge in [-0.2, -0.15) is 0 Å². The van der Waals surface area contributed by atoms with Crippen LogP contribution in [0, 0.1) is 0 Å². The summed E-state index contributed by atoms with van der Waals surface area (Å²) in [6.45, 7) is -3.56. The number of hydrogen-bond donors (Lipinski definition) is 4. The van der Waals surface area contributed by atoms with Gasteiger partial charge in [0.2, 0.25) is 0 Å². The second-order valence-electron chi connectivity index (χ2n) is 2.12. The van der Waals surface area contributed by atoms with Gasteiger partial charge in [-0.3, -0.25) is 0 Å². The first-order chi connectivity index (χ1) is 9.08. The van der Waals surface area contributed by atoms with Crippen molar-refractivity contribution in [3.8, 4) is 0 Å². The molecule has 12 nitrogen and oxygen atoms in total. The van der Waals surface area contributed by atoms with Gasteiger partial charge in [0.05, 0.1) is 50.3 Å². The van der Waals surface area contributed by atoms with E-state index in [9.17, 15) is 0 Å². The van der Waals surface area contributed by atoms with Gasteiger partial charge >= 0.3 is 0 Å². The molecule has 0 aliphatic rings. The predicted octanol–water partition coefficient (Wildman–Crippen LogP) is -9.47. The van der Waals surface area contributed by atoms with Crippen molar-refractivity contribution in [2.75, 3.05) is 26.4 Å². The largest absolute Gasteiger partial charge is 0.548 e. The summed E-state index contributed by atoms with van der Waals surface area (Å²) in [7, 11) is 0. The molecule has 0 aromatic heterocycles. The van der Waals surface area contributed by atoms with Crippen LogP contribution in [0.4, 0.5) is 0 Å². The molecular weight excluding hydrogens is 495 g/mol. The van der Waals surface area contributed by atoms with Gasteiger partial charge in [-0.25, -0.2) is 0 Å². The Kier molecular flexibility index (Phi) is 41.0. The minimum absolute atomic E-state index is 0. The Bertz CT molecular complexity index is 222. The molecule has 13 heteroatoms. The molecule has 0 amide bonds. The molecule has 0 aliphatic heterocycles. The van der Waals surface area contributed by atoms with Crippen molar-refractivity contribution >= 4 is 51.2 Å². The van der Waals surface area contributed by atoms with Gasteiger partial charge in [0.25, 0.3) is 0 Å². The minimum atomic E-state index is -1.44. The van der Waals surface area contributed by atoms with Gasteiger partial charge in [-0.1, -0.05) is 0 Å². The Hall–Kier alpha value is -1.36. The summed E-state index contributed by atoms with van der Waals surface area (Å²) >= 11 is 0. The maximum Gasteiger partial charge on any atom is 0.0826 e. The molecular formula is C8H12O12Pb-4. The fourth-order valence-corrected chi connectivity index (χ4v) is 0. The van der Waals surface area contributed by atoms with Crippen molar-refractivity contribution in [1.82, 2.24) is 0 Å². The number of rotatable bonds is 4. The normalized spacial score (nSPS) is 7.05. The number of carbonyl (C=O) groups excluding carboxylic acids is 4. The Balaban J connectivity index is -0.0000000533. The first-order valence-corrected chi connectivity index (χ1v) is 4.31. The summed E-state index contributed by atoms with van der Waals surface area (Å²) in [5.74, 6) is -5.76. The second kappa shape index (κ2) is 27.1. The van der Waals surface area contributed by atoms with Crippen molar-refractivity contribution in [2.45, 2.75) is 0 Å². The van der Waals surface area contributed by atoms with Gasteiger partial charge in [0, 0.05) is 27.3 Å². The van der Waals surface area contributed by atoms with Crippen LogP contribution in [0.3, 0.4) is 0 Å². The monoisotopic (exact) mass is 508 g/mol. The number of hydrogen-bond acceptors (Lipinski definition) is 12. The number of aliphatic hydroxyl groups is 4. The summed E-state index contributed by atoms with van der Waals surface area (Å²) in [5, 5.41) is 66.0. The molecule has 0 saturated heterocycles. The zero-order valence-corrected chi connectivity index (χ0v) is 14.3. The third-order valence-electron chi connectivity index (χ3n) is 0.516. The van der Waals surface area contributed by atoms with Crippen LogP contribution in [0.5, 0.6) is 0 Å². The summed E-state index contributed by atoms with van der Waals surface area (Å²) in [5.41, 5.74) is 0. The maximum atomic E-state index is 9.01. The molecule has 0 aliphatic carbocycles. The SMILES string of the molecule is O=C([O-])CO.O=C([O-])CO.O=C([O-])CO.O=C([O-])CO.[Pb]. The Morgan fingerprint density at radius 3 is 0.571 bits per heavy atom. The van der Waals surface area contributed by atoms with Crippen LogP contribution in [0.2, 0.25) is 0 Å². The fraction of sp³-hybridized carbons (Fsp3) is 0.500. The van der Waals surface area contributed by atoms with E-state index in [-0.39, 0.29) is 27.3 Å². The third kappa shape index (κ3) is 117. The smallest absolute Gasteiger partial charge is 0.0826 e. The van der Waals surface area contributed by atoms with Crippen molar-refractivity contribution in [3.05, 3.63) is 0 Å². The van der Waals surface area contributed by atoms with E-state index >= 15 is 0 Å². The molecule has 4 N–H and O–H groups in total. The van der Waals surface area contributed by atoms with E-state index in [0.717, 1.165) is 0 Å². The van der Waals surface area contributed by atoms with E-state index in [1.807, 2.05) is 0 Å². The van der Waals surface area contributed by atoms with Crippen molar-refractivity contribution in [3.63, 3.8) is 0 Å². The second-order valence-corrected chi connectivity index (χ2v) is 2.12. The Morgan fingerprint density at radius 2 is 0.571 bits per heavy atom. The number of aliphatic hydroxyl groups excluding tert-OH is 4. The van der Waals surface area contributed by atoms with Crippen molar-refractivity contribution in [2.24, 2.45) is 0 Å². The number of carbonyl (C=O) groups is 4. The molecule has 0 atom stereocenters. The first kappa shape index (κ1) is 31.8. The van der Waals surface area contributed by atoms with Crippen LogP contribution < -0.4 is 20.4 Å². The summed E-state index contributed by atoms with van der Waals surface area (Å²) in [6.07, 6.45) is 0. The molecule has 0 unspecified atom stereocenters. The van der Waals surface area contributed by atoms with Crippen LogP contribution in [0.15, 0.2) is 0 Å². The van der Waals surface area contributed by atoms with Crippen LogP contribution in [-0.4, -0.2) is 98.0 Å². The topological polar surface area (TPSA) is 241 Å². The zero-order valence-electron chi connectivity index (χ0n) is 10.4. The molecule has 0 spiro atoms. The van der Waals surface area contributed by atoms with Crippen LogP contribution in [0.1, 0.15) is 0 Å². The molecule has 0 fully saturated rings. The molecule has 0 aromatic rings. The Morgan fingerprint density at radius 1 is 0.524 bits per heavy atom. The summed E-state index contributed by atoms with van der Waals surface area (Å²) in [4.78, 5) is 36.0. The fourth-order valence-electron chi connectivity index (χ4n) is 0. The van der Waals surface area contributed by atoms with Crippen molar-refractivity contribution in [1.29, 1.82) is 0 Å². The van der Waals surface area contributed by atoms with Gasteiger partial charge in [0.15, 0.2) is 0 Å². The average Bonchev–Trinajstić information content (AvgIpc) is 2.40. The molecule has 0 aromatic carbocycles. The van der Waals surface area contributed by atoms with E-state index in [0.29, 0.717) is 0 Å². The van der Waals surface area contributed by atoms with E-state index < -0.39 is 50.3 Å². The summed E-state index contributed by atoms with van der Waals surface area (Å²) < 4.78 is 0. The average molecular weight is 507 g/mol. The molecule has 21 heavy (non-hydrogen) atoms. The van der Waals surface area contributed by atoms with Crippen LogP contribution in [0.25, 0.3) is 0 Å². The van der Waals surface area contributed by atoms with Gasteiger partial charge < -0.3 is 60.0 Å². The molecule has 0 bridgehead atoms.